The standard InChI is InChI=1S/C23H42/c1-5-7-13-20(3)14-8-9-15-21(4)18-19-23-17-11-10-16-22(23)12-6-2/h22-23H,3-19H2,1-2H3. The van der Waals surface area contributed by atoms with Gasteiger partial charge in [0.25, 0.3) is 0 Å². The number of hydrogen-bond donors (Lipinski definition) is 0. The van der Waals surface area contributed by atoms with E-state index in [0.717, 1.165) is 11.8 Å². The van der Waals surface area contributed by atoms with Gasteiger partial charge in [0.2, 0.25) is 0 Å². The molecule has 23 heavy (non-hydrogen) atoms. The van der Waals surface area contributed by atoms with Gasteiger partial charge in [0, 0.05) is 0 Å². The smallest absolute Gasteiger partial charge is 0.0320 e. The first-order chi connectivity index (χ1) is 11.2. The van der Waals surface area contributed by atoms with Gasteiger partial charge in [-0.15, -0.1) is 0 Å². The van der Waals surface area contributed by atoms with Gasteiger partial charge in [-0.1, -0.05) is 83.1 Å². The van der Waals surface area contributed by atoms with Crippen molar-refractivity contribution in [1.29, 1.82) is 0 Å². The molecule has 0 amide bonds. The molecule has 0 bridgehead atoms. The van der Waals surface area contributed by atoms with E-state index in [9.17, 15) is 0 Å². The van der Waals surface area contributed by atoms with Crippen LogP contribution in [0.1, 0.15) is 110 Å². The zero-order chi connectivity index (χ0) is 16.9. The van der Waals surface area contributed by atoms with Gasteiger partial charge < -0.3 is 0 Å². The highest BCUT2D eigenvalue weighted by atomic mass is 14.3. The second kappa shape index (κ2) is 12.8. The normalized spacial score (nSPS) is 21.3. The van der Waals surface area contributed by atoms with Gasteiger partial charge in [-0.25, -0.2) is 0 Å². The van der Waals surface area contributed by atoms with Crippen molar-refractivity contribution in [1.82, 2.24) is 0 Å². The maximum atomic E-state index is 4.35. The predicted molar refractivity (Wildman–Crippen MR) is 106 cm³/mol. The van der Waals surface area contributed by atoms with Crippen molar-refractivity contribution in [2.45, 2.75) is 110 Å². The Labute approximate surface area is 146 Å². The van der Waals surface area contributed by atoms with Crippen LogP contribution in [0.25, 0.3) is 0 Å². The Kier molecular flexibility index (Phi) is 11.5. The number of hydrogen-bond acceptors (Lipinski definition) is 0. The van der Waals surface area contributed by atoms with Gasteiger partial charge in [-0.05, 0) is 63.2 Å². The van der Waals surface area contributed by atoms with E-state index in [-0.39, 0.29) is 0 Å². The average molecular weight is 319 g/mol. The van der Waals surface area contributed by atoms with Gasteiger partial charge >= 0.3 is 0 Å². The van der Waals surface area contributed by atoms with E-state index < -0.39 is 0 Å². The summed E-state index contributed by atoms with van der Waals surface area (Å²) in [4.78, 5) is 0. The van der Waals surface area contributed by atoms with Gasteiger partial charge in [0.1, 0.15) is 0 Å². The molecule has 0 spiro atoms. The quantitative estimate of drug-likeness (QED) is 0.237. The van der Waals surface area contributed by atoms with Gasteiger partial charge in [0.05, 0.1) is 0 Å². The summed E-state index contributed by atoms with van der Waals surface area (Å²) in [7, 11) is 0. The Morgan fingerprint density at radius 3 is 1.78 bits per heavy atom. The number of unbranched alkanes of at least 4 members (excludes halogenated alkanes) is 2. The first-order valence-corrected chi connectivity index (χ1v) is 10.5. The molecule has 134 valence electrons. The minimum Gasteiger partial charge on any atom is -0.0999 e. The molecule has 0 heterocycles. The third-order valence-electron chi connectivity index (χ3n) is 5.79. The molecule has 1 saturated carbocycles. The van der Waals surface area contributed by atoms with E-state index in [4.69, 9.17) is 0 Å². The van der Waals surface area contributed by atoms with E-state index in [1.807, 2.05) is 0 Å². The molecule has 0 radical (unpaired) electrons. The van der Waals surface area contributed by atoms with E-state index in [1.165, 1.54) is 107 Å². The Balaban J connectivity index is 2.10. The van der Waals surface area contributed by atoms with Crippen LogP contribution in [0.4, 0.5) is 0 Å². The molecule has 2 atom stereocenters. The highest BCUT2D eigenvalue weighted by Gasteiger charge is 2.23. The lowest BCUT2D eigenvalue weighted by Crippen LogP contribution is -2.19. The van der Waals surface area contributed by atoms with Crippen LogP contribution in [0.3, 0.4) is 0 Å². The van der Waals surface area contributed by atoms with Crippen LogP contribution in [0, 0.1) is 11.8 Å². The Morgan fingerprint density at radius 1 is 0.696 bits per heavy atom. The lowest BCUT2D eigenvalue weighted by Gasteiger charge is -2.31. The first kappa shape index (κ1) is 20.5. The fraction of sp³-hybridized carbons (Fsp3) is 0.826. The molecule has 1 aliphatic carbocycles. The molecule has 0 nitrogen and oxygen atoms in total. The van der Waals surface area contributed by atoms with Crippen LogP contribution in [0.5, 0.6) is 0 Å². The molecule has 1 aliphatic rings. The molecule has 0 aliphatic heterocycles. The minimum absolute atomic E-state index is 0.995. The highest BCUT2D eigenvalue weighted by molar-refractivity contribution is 4.97. The van der Waals surface area contributed by atoms with Crippen LogP contribution >= 0.6 is 0 Å². The van der Waals surface area contributed by atoms with E-state index in [0.29, 0.717) is 0 Å². The van der Waals surface area contributed by atoms with Crippen molar-refractivity contribution < 1.29 is 0 Å². The average Bonchev–Trinajstić information content (AvgIpc) is 2.56. The number of rotatable bonds is 13. The fourth-order valence-corrected chi connectivity index (χ4v) is 4.23. The van der Waals surface area contributed by atoms with Crippen LogP contribution in [-0.2, 0) is 0 Å². The van der Waals surface area contributed by atoms with E-state index in [1.54, 1.807) is 0 Å². The fourth-order valence-electron chi connectivity index (χ4n) is 4.23. The predicted octanol–water partition coefficient (Wildman–Crippen LogP) is 8.24. The summed E-state index contributed by atoms with van der Waals surface area (Å²) in [6.07, 6.45) is 20.4. The Hall–Kier alpha value is -0.520. The second-order valence-corrected chi connectivity index (χ2v) is 7.94. The lowest BCUT2D eigenvalue weighted by atomic mass is 9.74. The third-order valence-corrected chi connectivity index (χ3v) is 5.79. The zero-order valence-corrected chi connectivity index (χ0v) is 16.2. The minimum atomic E-state index is 0.995. The molecular formula is C23H42. The van der Waals surface area contributed by atoms with Crippen molar-refractivity contribution in [3.8, 4) is 0 Å². The second-order valence-electron chi connectivity index (χ2n) is 7.94. The molecule has 2 unspecified atom stereocenters. The van der Waals surface area contributed by atoms with Crippen LogP contribution in [0.2, 0.25) is 0 Å². The molecule has 0 aromatic carbocycles. The summed E-state index contributed by atoms with van der Waals surface area (Å²) in [5, 5.41) is 0. The lowest BCUT2D eigenvalue weighted by molar-refractivity contribution is 0.210. The van der Waals surface area contributed by atoms with Crippen molar-refractivity contribution in [3.63, 3.8) is 0 Å². The maximum absolute atomic E-state index is 4.35. The SMILES string of the molecule is C=C(CCCC)CCCCC(=C)CCC1CCCCC1CCC. The summed E-state index contributed by atoms with van der Waals surface area (Å²) >= 11 is 0. The molecule has 0 heteroatoms. The molecule has 0 N–H and O–H groups in total. The molecule has 1 fully saturated rings. The summed E-state index contributed by atoms with van der Waals surface area (Å²) in [5.41, 5.74) is 2.96. The monoisotopic (exact) mass is 318 g/mol. The molecule has 0 aromatic heterocycles. The van der Waals surface area contributed by atoms with E-state index >= 15 is 0 Å². The van der Waals surface area contributed by atoms with Crippen LogP contribution in [0.15, 0.2) is 24.3 Å². The van der Waals surface area contributed by atoms with Crippen molar-refractivity contribution in [3.05, 3.63) is 24.3 Å². The summed E-state index contributed by atoms with van der Waals surface area (Å²) in [6, 6.07) is 0. The van der Waals surface area contributed by atoms with Gasteiger partial charge in [-0.3, -0.25) is 0 Å². The van der Waals surface area contributed by atoms with Crippen molar-refractivity contribution in [2.75, 3.05) is 0 Å². The Morgan fingerprint density at radius 2 is 1.22 bits per heavy atom. The van der Waals surface area contributed by atoms with Crippen LogP contribution in [-0.4, -0.2) is 0 Å². The number of allylic oxidation sites excluding steroid dienone is 2. The molecular weight excluding hydrogens is 276 g/mol. The molecule has 0 saturated heterocycles. The molecule has 0 aromatic rings. The maximum Gasteiger partial charge on any atom is -0.0320 e. The van der Waals surface area contributed by atoms with Gasteiger partial charge in [0.15, 0.2) is 0 Å². The topological polar surface area (TPSA) is 0 Å². The first-order valence-electron chi connectivity index (χ1n) is 10.5. The largest absolute Gasteiger partial charge is 0.0999 e. The van der Waals surface area contributed by atoms with E-state index in [2.05, 4.69) is 27.0 Å². The molecule has 1 rings (SSSR count). The van der Waals surface area contributed by atoms with Crippen molar-refractivity contribution >= 4 is 0 Å². The zero-order valence-electron chi connectivity index (χ0n) is 16.2. The summed E-state index contributed by atoms with van der Waals surface area (Å²) < 4.78 is 0. The van der Waals surface area contributed by atoms with Gasteiger partial charge in [-0.2, -0.15) is 0 Å². The van der Waals surface area contributed by atoms with Crippen LogP contribution < -0.4 is 0 Å². The van der Waals surface area contributed by atoms with Crippen molar-refractivity contribution in [2.24, 2.45) is 11.8 Å². The Bertz CT molecular complexity index is 323. The summed E-state index contributed by atoms with van der Waals surface area (Å²) in [6.45, 7) is 13.2. The summed E-state index contributed by atoms with van der Waals surface area (Å²) in [5.74, 6) is 2.01. The highest BCUT2D eigenvalue weighted by Crippen LogP contribution is 2.36. The third kappa shape index (κ3) is 9.38.